The summed E-state index contributed by atoms with van der Waals surface area (Å²) < 4.78 is 38.7. The van der Waals surface area contributed by atoms with Crippen LogP contribution in [-0.4, -0.2) is 34.3 Å². The molecule has 0 saturated heterocycles. The largest absolute Gasteiger partial charge is 0.466 e. The first kappa shape index (κ1) is 34.8. The highest BCUT2D eigenvalue weighted by Gasteiger charge is 2.33. The molecule has 0 bridgehead atoms. The first-order valence-electron chi connectivity index (χ1n) is 14.7. The maximum atomic E-state index is 16.6. The third-order valence-electron chi connectivity index (χ3n) is 7.46. The predicted molar refractivity (Wildman–Crippen MR) is 164 cm³/mol. The van der Waals surface area contributed by atoms with Gasteiger partial charge in [-0.05, 0) is 87.4 Å². The number of aldehydes is 1. The fraction of sp³-hybridized carbons (Fsp3) is 0.412. The molecule has 0 fully saturated rings. The van der Waals surface area contributed by atoms with Gasteiger partial charge >= 0.3 is 5.97 Å². The molecule has 1 N–H and O–H groups in total. The van der Waals surface area contributed by atoms with Gasteiger partial charge in [-0.15, -0.1) is 0 Å². The van der Waals surface area contributed by atoms with Gasteiger partial charge in [0.05, 0.1) is 36.4 Å². The second kappa shape index (κ2) is 14.8. The number of nitriles is 1. The van der Waals surface area contributed by atoms with Crippen LogP contribution in [0.25, 0.3) is 11.1 Å². The van der Waals surface area contributed by atoms with Crippen molar-refractivity contribution < 1.29 is 27.9 Å². The Bertz CT molecular complexity index is 1700. The molecule has 0 unspecified atom stereocenters. The zero-order chi connectivity index (χ0) is 33.6. The number of ether oxygens (including phenoxy) is 1. The van der Waals surface area contributed by atoms with E-state index < -0.39 is 53.1 Å². The molecule has 3 rings (SSSR count). The smallest absolute Gasteiger partial charge is 0.308 e. The molecule has 0 spiro atoms. The minimum Gasteiger partial charge on any atom is -0.466 e. The van der Waals surface area contributed by atoms with E-state index in [1.165, 1.54) is 30.7 Å². The molecule has 3 aromatic rings. The molecule has 9 nitrogen and oxygen atoms in total. The Morgan fingerprint density at radius 3 is 2.29 bits per heavy atom. The summed E-state index contributed by atoms with van der Waals surface area (Å²) in [5.74, 6) is -3.56. The first-order valence-corrected chi connectivity index (χ1v) is 14.7. The molecule has 2 aromatic carbocycles. The van der Waals surface area contributed by atoms with Gasteiger partial charge < -0.3 is 14.8 Å². The van der Waals surface area contributed by atoms with E-state index in [0.29, 0.717) is 28.5 Å². The number of rotatable bonds is 12. The van der Waals surface area contributed by atoms with E-state index in [9.17, 15) is 24.4 Å². The summed E-state index contributed by atoms with van der Waals surface area (Å²) in [5, 5.41) is 12.0. The van der Waals surface area contributed by atoms with Crippen LogP contribution < -0.4 is 10.9 Å². The number of aryl methyl sites for hydroxylation is 4. The van der Waals surface area contributed by atoms with Crippen molar-refractivity contribution >= 4 is 18.2 Å². The lowest BCUT2D eigenvalue weighted by atomic mass is 9.88. The van der Waals surface area contributed by atoms with E-state index in [1.54, 1.807) is 32.9 Å². The number of hydrogen-bond acceptors (Lipinski definition) is 7. The Balaban J connectivity index is 2.23. The molecule has 238 valence electrons. The van der Waals surface area contributed by atoms with Gasteiger partial charge in [-0.25, -0.2) is 8.78 Å². The van der Waals surface area contributed by atoms with E-state index in [1.807, 2.05) is 13.8 Å². The van der Waals surface area contributed by atoms with Crippen LogP contribution in [0.3, 0.4) is 0 Å². The molecular weight excluding hydrogens is 582 g/mol. The molecule has 1 amide bonds. The van der Waals surface area contributed by atoms with Crippen LogP contribution in [0.2, 0.25) is 0 Å². The lowest BCUT2D eigenvalue weighted by Gasteiger charge is -2.27. The molecule has 2 atom stereocenters. The van der Waals surface area contributed by atoms with Crippen molar-refractivity contribution in [2.24, 2.45) is 5.92 Å². The summed E-state index contributed by atoms with van der Waals surface area (Å²) in [5.41, 5.74) is 1.40. The molecule has 11 heteroatoms. The number of nitrogens with one attached hydrogen (secondary N) is 1. The summed E-state index contributed by atoms with van der Waals surface area (Å²) in [6.07, 6.45) is 1.45. The number of nitrogens with zero attached hydrogens (tertiary/aromatic N) is 3. The summed E-state index contributed by atoms with van der Waals surface area (Å²) in [6, 6.07) is 3.97. The molecule has 0 aliphatic rings. The quantitative estimate of drug-likeness (QED) is 0.211. The second-order valence-corrected chi connectivity index (χ2v) is 11.5. The van der Waals surface area contributed by atoms with E-state index >= 15 is 8.78 Å². The second-order valence-electron chi connectivity index (χ2n) is 11.5. The summed E-state index contributed by atoms with van der Waals surface area (Å²) in [7, 11) is 0. The number of aromatic nitrogens is 2. The summed E-state index contributed by atoms with van der Waals surface area (Å²) >= 11 is 0. The zero-order valence-electron chi connectivity index (χ0n) is 26.6. The third kappa shape index (κ3) is 7.87. The Morgan fingerprint density at radius 2 is 1.73 bits per heavy atom. The van der Waals surface area contributed by atoms with Crippen LogP contribution in [0, 0.1) is 56.6 Å². The number of amides is 1. The third-order valence-corrected chi connectivity index (χ3v) is 7.46. The van der Waals surface area contributed by atoms with Gasteiger partial charge in [0.1, 0.15) is 29.7 Å². The maximum Gasteiger partial charge on any atom is 0.308 e. The highest BCUT2D eigenvalue weighted by Crippen LogP contribution is 2.37. The standard InChI is InChI=1S/C34H38F2N4O5/c1-8-45-28(42)15-26(39-33(43)27(11-18(2)3)40-17-24(9-10-41)38-22(7)34(40)44)30-31(35)21(6)14-25(32(30)36)29-19(4)12-23(16-37)13-20(29)5/h10,12-14,17-18,26-27H,8-9,11,15H2,1-7H3,(H,39,43)/t26-,27-/m0/s1. The number of hydrogen-bond donors (Lipinski definition) is 1. The van der Waals surface area contributed by atoms with Gasteiger partial charge in [-0.3, -0.25) is 23.9 Å². The van der Waals surface area contributed by atoms with Crippen LogP contribution in [-0.2, 0) is 25.5 Å². The predicted octanol–water partition coefficient (Wildman–Crippen LogP) is 5.43. The molecule has 0 radical (unpaired) electrons. The van der Waals surface area contributed by atoms with Crippen LogP contribution >= 0.6 is 0 Å². The molecule has 1 heterocycles. The van der Waals surface area contributed by atoms with Gasteiger partial charge in [-0.1, -0.05) is 13.8 Å². The molecule has 0 aliphatic heterocycles. The van der Waals surface area contributed by atoms with E-state index in [0.717, 1.165) is 0 Å². The Kier molecular flexibility index (Phi) is 11.5. The molecule has 1 aromatic heterocycles. The van der Waals surface area contributed by atoms with E-state index in [4.69, 9.17) is 4.74 Å². The number of benzene rings is 2. The molecular formula is C34H38F2N4O5. The van der Waals surface area contributed by atoms with Crippen molar-refractivity contribution in [1.82, 2.24) is 14.9 Å². The first-order chi connectivity index (χ1) is 21.2. The van der Waals surface area contributed by atoms with Crippen molar-refractivity contribution in [2.45, 2.75) is 79.8 Å². The lowest BCUT2D eigenvalue weighted by molar-refractivity contribution is -0.144. The van der Waals surface area contributed by atoms with Gasteiger partial charge in [0.15, 0.2) is 0 Å². The van der Waals surface area contributed by atoms with Crippen LogP contribution in [0.15, 0.2) is 29.2 Å². The lowest BCUT2D eigenvalue weighted by Crippen LogP contribution is -2.41. The number of esters is 1. The van der Waals surface area contributed by atoms with Gasteiger partial charge in [-0.2, -0.15) is 5.26 Å². The monoisotopic (exact) mass is 620 g/mol. The SMILES string of the molecule is CCOC(=O)C[C@H](NC(=O)[C@H](CC(C)C)n1cc(CC=O)nc(C)c1=O)c1c(F)c(C)cc(-c2c(C)cc(C#N)cc2C)c1F. The van der Waals surface area contributed by atoms with Crippen molar-refractivity contribution in [1.29, 1.82) is 5.26 Å². The van der Waals surface area contributed by atoms with Gasteiger partial charge in [0.2, 0.25) is 5.91 Å². The number of carbonyl (C=O) groups excluding carboxylic acids is 3. The van der Waals surface area contributed by atoms with Crippen LogP contribution in [0.5, 0.6) is 0 Å². The Hall–Kier alpha value is -4.72. The van der Waals surface area contributed by atoms with E-state index in [2.05, 4.69) is 16.4 Å². The Morgan fingerprint density at radius 1 is 1.09 bits per heavy atom. The number of halogens is 2. The van der Waals surface area contributed by atoms with Crippen molar-refractivity contribution in [2.75, 3.05) is 6.61 Å². The van der Waals surface area contributed by atoms with Crippen LogP contribution in [0.4, 0.5) is 8.78 Å². The average molecular weight is 621 g/mol. The minimum absolute atomic E-state index is 0.00827. The molecule has 0 aliphatic carbocycles. The zero-order valence-corrected chi connectivity index (χ0v) is 26.6. The van der Waals surface area contributed by atoms with Gasteiger partial charge in [0, 0.05) is 23.7 Å². The normalized spacial score (nSPS) is 12.4. The summed E-state index contributed by atoms with van der Waals surface area (Å²) in [4.78, 5) is 55.2. The average Bonchev–Trinajstić information content (AvgIpc) is 2.96. The van der Waals surface area contributed by atoms with Gasteiger partial charge in [0.25, 0.3) is 5.56 Å². The minimum atomic E-state index is -1.50. The highest BCUT2D eigenvalue weighted by atomic mass is 19.1. The number of carbonyl (C=O) groups is 3. The molecule has 45 heavy (non-hydrogen) atoms. The van der Waals surface area contributed by atoms with Crippen molar-refractivity contribution in [3.63, 3.8) is 0 Å². The van der Waals surface area contributed by atoms with Crippen LogP contribution in [0.1, 0.15) is 84.9 Å². The maximum absolute atomic E-state index is 16.6. The topological polar surface area (TPSA) is 131 Å². The fourth-order valence-corrected chi connectivity index (χ4v) is 5.52. The fourth-order valence-electron chi connectivity index (χ4n) is 5.52. The van der Waals surface area contributed by atoms with Crippen molar-refractivity contribution in [3.05, 3.63) is 85.6 Å². The van der Waals surface area contributed by atoms with E-state index in [-0.39, 0.29) is 47.9 Å². The Labute approximate surface area is 261 Å². The molecule has 0 saturated carbocycles. The summed E-state index contributed by atoms with van der Waals surface area (Å²) in [6.45, 7) is 11.6. The van der Waals surface area contributed by atoms with Crippen molar-refractivity contribution in [3.8, 4) is 17.2 Å². The highest BCUT2D eigenvalue weighted by molar-refractivity contribution is 5.82.